The molecule has 4 nitrogen and oxygen atoms in total. The smallest absolute Gasteiger partial charge is 0.242 e. The van der Waals surface area contributed by atoms with Crippen LogP contribution in [0.5, 0.6) is 0 Å². The van der Waals surface area contributed by atoms with Gasteiger partial charge in [-0.15, -0.1) is 0 Å². The van der Waals surface area contributed by atoms with Crippen molar-refractivity contribution >= 4 is 44.2 Å². The summed E-state index contributed by atoms with van der Waals surface area (Å²) in [6.07, 6.45) is 1.00. The molecule has 16 heavy (non-hydrogen) atoms. The van der Waals surface area contributed by atoms with E-state index in [0.717, 1.165) is 10.6 Å². The van der Waals surface area contributed by atoms with Gasteiger partial charge in [0, 0.05) is 5.02 Å². The first-order valence-electron chi connectivity index (χ1n) is 4.22. The molecule has 0 heterocycles. The number of carbonyl (C=O) groups excluding carboxylic acids is 1. The molecule has 0 saturated heterocycles. The molecule has 0 aromatic heterocycles. The summed E-state index contributed by atoms with van der Waals surface area (Å²) in [5, 5.41) is -0.269. The monoisotopic (exact) mass is 281 g/mol. The molecule has 0 aliphatic heterocycles. The van der Waals surface area contributed by atoms with Crippen LogP contribution in [0.25, 0.3) is 0 Å². The number of halogens is 2. The van der Waals surface area contributed by atoms with E-state index in [1.165, 1.54) is 24.3 Å². The molecule has 0 aliphatic carbocycles. The maximum absolute atomic E-state index is 11.4. The van der Waals surface area contributed by atoms with Crippen molar-refractivity contribution in [1.29, 1.82) is 0 Å². The summed E-state index contributed by atoms with van der Waals surface area (Å²) >= 11 is 10.9. The molecule has 0 aliphatic rings. The van der Waals surface area contributed by atoms with Crippen LogP contribution in [-0.4, -0.2) is 26.5 Å². The molecule has 0 N–H and O–H groups in total. The molecule has 1 aromatic carbocycles. The molecule has 1 rings (SSSR count). The molecule has 0 spiro atoms. The Morgan fingerprint density at radius 3 is 2.19 bits per heavy atom. The minimum Gasteiger partial charge on any atom is -0.279 e. The lowest BCUT2D eigenvalue weighted by Crippen LogP contribution is -2.33. The van der Waals surface area contributed by atoms with Crippen LogP contribution < -0.4 is 4.31 Å². The first-order valence-corrected chi connectivity index (χ1v) is 6.83. The first-order chi connectivity index (χ1) is 7.30. The van der Waals surface area contributed by atoms with Crippen molar-refractivity contribution in [3.05, 3.63) is 29.3 Å². The van der Waals surface area contributed by atoms with Crippen molar-refractivity contribution in [3.8, 4) is 0 Å². The minimum atomic E-state index is -3.54. The average molecular weight is 282 g/mol. The van der Waals surface area contributed by atoms with Crippen LogP contribution >= 0.6 is 23.2 Å². The second-order valence-electron chi connectivity index (χ2n) is 3.10. The molecule has 0 saturated carbocycles. The van der Waals surface area contributed by atoms with E-state index in [2.05, 4.69) is 0 Å². The fourth-order valence-electron chi connectivity index (χ4n) is 1.12. The normalized spacial score (nSPS) is 11.2. The van der Waals surface area contributed by atoms with Crippen LogP contribution in [0.4, 0.5) is 5.69 Å². The van der Waals surface area contributed by atoms with Gasteiger partial charge in [0.15, 0.2) is 0 Å². The molecule has 0 radical (unpaired) electrons. The summed E-state index contributed by atoms with van der Waals surface area (Å²) in [6, 6.07) is 6.08. The van der Waals surface area contributed by atoms with Crippen molar-refractivity contribution in [2.75, 3.05) is 17.1 Å². The minimum absolute atomic E-state index is 0.348. The predicted molar refractivity (Wildman–Crippen MR) is 64.5 cm³/mol. The Morgan fingerprint density at radius 1 is 1.31 bits per heavy atom. The van der Waals surface area contributed by atoms with Gasteiger partial charge in [0.2, 0.25) is 15.3 Å². The number of hydrogen-bond donors (Lipinski definition) is 0. The summed E-state index contributed by atoms with van der Waals surface area (Å²) in [5.74, 6) is 0. The van der Waals surface area contributed by atoms with E-state index in [4.69, 9.17) is 23.2 Å². The molecule has 1 aromatic rings. The predicted octanol–water partition coefficient (Wildman–Crippen LogP) is 1.87. The van der Waals surface area contributed by atoms with Gasteiger partial charge in [0.1, 0.15) is 6.54 Å². The molecule has 88 valence electrons. The van der Waals surface area contributed by atoms with Crippen molar-refractivity contribution in [2.45, 2.75) is 0 Å². The Balaban J connectivity index is 3.11. The second-order valence-corrected chi connectivity index (χ2v) is 5.87. The van der Waals surface area contributed by atoms with Gasteiger partial charge in [0.05, 0.1) is 11.9 Å². The molecule has 7 heteroatoms. The van der Waals surface area contributed by atoms with Gasteiger partial charge in [0.25, 0.3) is 0 Å². The number of carbonyl (C=O) groups is 1. The summed E-state index contributed by atoms with van der Waals surface area (Å²) in [7, 11) is -3.54. The van der Waals surface area contributed by atoms with Crippen molar-refractivity contribution < 1.29 is 13.2 Å². The van der Waals surface area contributed by atoms with E-state index in [0.29, 0.717) is 10.7 Å². The van der Waals surface area contributed by atoms with Gasteiger partial charge in [-0.1, -0.05) is 11.6 Å². The Labute approximate surface area is 104 Å². The molecular formula is C9H9Cl2NO3S. The Kier molecular flexibility index (Phi) is 4.18. The summed E-state index contributed by atoms with van der Waals surface area (Å²) in [5.41, 5.74) is 0.348. The number of rotatable bonds is 4. The SMILES string of the molecule is CS(=O)(=O)N(CC(=O)Cl)c1ccc(Cl)cc1. The van der Waals surface area contributed by atoms with Gasteiger partial charge in [-0.2, -0.15) is 0 Å². The standard InChI is InChI=1S/C9H9Cl2NO3S/c1-16(14,15)12(6-9(11)13)8-4-2-7(10)3-5-8/h2-5H,6H2,1H3. The lowest BCUT2D eigenvalue weighted by molar-refractivity contribution is -0.110. The summed E-state index contributed by atoms with van der Waals surface area (Å²) in [6.45, 7) is -0.401. The first kappa shape index (κ1) is 13.3. The van der Waals surface area contributed by atoms with Crippen LogP contribution in [0.1, 0.15) is 0 Å². The van der Waals surface area contributed by atoms with Crippen molar-refractivity contribution in [1.82, 2.24) is 0 Å². The fraction of sp³-hybridized carbons (Fsp3) is 0.222. The highest BCUT2D eigenvalue weighted by atomic mass is 35.5. The Morgan fingerprint density at radius 2 is 1.81 bits per heavy atom. The molecule has 0 unspecified atom stereocenters. The number of sulfonamides is 1. The highest BCUT2D eigenvalue weighted by molar-refractivity contribution is 7.92. The summed E-state index contributed by atoms with van der Waals surface area (Å²) < 4.78 is 23.8. The number of nitrogens with zero attached hydrogens (tertiary/aromatic N) is 1. The van der Waals surface area contributed by atoms with E-state index < -0.39 is 21.8 Å². The molecule has 0 amide bonds. The van der Waals surface area contributed by atoms with Gasteiger partial charge in [-0.3, -0.25) is 9.10 Å². The average Bonchev–Trinajstić information content (AvgIpc) is 2.14. The maximum Gasteiger partial charge on any atom is 0.242 e. The van der Waals surface area contributed by atoms with Crippen LogP contribution in [0.2, 0.25) is 5.02 Å². The van der Waals surface area contributed by atoms with Gasteiger partial charge in [-0.05, 0) is 35.9 Å². The van der Waals surface area contributed by atoms with Gasteiger partial charge < -0.3 is 0 Å². The molecule has 0 atom stereocenters. The largest absolute Gasteiger partial charge is 0.279 e. The van der Waals surface area contributed by atoms with E-state index in [9.17, 15) is 13.2 Å². The zero-order chi connectivity index (χ0) is 12.3. The van der Waals surface area contributed by atoms with Crippen LogP contribution in [-0.2, 0) is 14.8 Å². The fourth-order valence-corrected chi connectivity index (χ4v) is 2.29. The number of hydrogen-bond acceptors (Lipinski definition) is 3. The van der Waals surface area contributed by atoms with E-state index in [1.807, 2.05) is 0 Å². The zero-order valence-corrected chi connectivity index (χ0v) is 10.7. The van der Waals surface area contributed by atoms with E-state index in [1.54, 1.807) is 0 Å². The Bertz CT molecular complexity index is 484. The van der Waals surface area contributed by atoms with Crippen molar-refractivity contribution in [3.63, 3.8) is 0 Å². The topological polar surface area (TPSA) is 54.5 Å². The molecule has 0 bridgehead atoms. The van der Waals surface area contributed by atoms with Gasteiger partial charge >= 0.3 is 0 Å². The van der Waals surface area contributed by atoms with Crippen molar-refractivity contribution in [2.24, 2.45) is 0 Å². The van der Waals surface area contributed by atoms with Crippen LogP contribution in [0, 0.1) is 0 Å². The van der Waals surface area contributed by atoms with E-state index >= 15 is 0 Å². The highest BCUT2D eigenvalue weighted by Gasteiger charge is 2.19. The van der Waals surface area contributed by atoms with E-state index in [-0.39, 0.29) is 0 Å². The maximum atomic E-state index is 11.4. The second kappa shape index (κ2) is 5.03. The Hall–Kier alpha value is -0.780. The zero-order valence-electron chi connectivity index (χ0n) is 8.35. The summed E-state index contributed by atoms with van der Waals surface area (Å²) in [4.78, 5) is 10.8. The number of anilines is 1. The third-order valence-corrected chi connectivity index (χ3v) is 3.29. The van der Waals surface area contributed by atoms with Crippen LogP contribution in [0.3, 0.4) is 0 Å². The lowest BCUT2D eigenvalue weighted by Gasteiger charge is -2.20. The number of benzene rings is 1. The highest BCUT2D eigenvalue weighted by Crippen LogP contribution is 2.20. The van der Waals surface area contributed by atoms with Crippen LogP contribution in [0.15, 0.2) is 24.3 Å². The third-order valence-electron chi connectivity index (χ3n) is 1.78. The lowest BCUT2D eigenvalue weighted by atomic mass is 10.3. The van der Waals surface area contributed by atoms with Gasteiger partial charge in [-0.25, -0.2) is 8.42 Å². The molecule has 0 fully saturated rings. The molecular weight excluding hydrogens is 273 g/mol. The quantitative estimate of drug-likeness (QED) is 0.792. The third kappa shape index (κ3) is 3.66.